The number of anilines is 2. The summed E-state index contributed by atoms with van der Waals surface area (Å²) < 4.78 is 27.6. The molecule has 3 rings (SSSR count). The van der Waals surface area contributed by atoms with Gasteiger partial charge in [0.2, 0.25) is 5.91 Å². The van der Waals surface area contributed by atoms with Gasteiger partial charge in [-0.2, -0.15) is 5.10 Å². The molecule has 1 aromatic heterocycles. The predicted octanol–water partition coefficient (Wildman–Crippen LogP) is 3.37. The molecule has 7 nitrogen and oxygen atoms in total. The summed E-state index contributed by atoms with van der Waals surface area (Å²) in [6.45, 7) is 4.40. The zero-order valence-electron chi connectivity index (χ0n) is 17.9. The third-order valence-electron chi connectivity index (χ3n) is 5.31. The van der Waals surface area contributed by atoms with Gasteiger partial charge < -0.3 is 10.4 Å². The van der Waals surface area contributed by atoms with Crippen LogP contribution in [-0.2, 0) is 15.0 Å². The summed E-state index contributed by atoms with van der Waals surface area (Å²) in [5, 5.41) is 19.0. The summed E-state index contributed by atoms with van der Waals surface area (Å²) >= 11 is 0. The topological polar surface area (TPSA) is 98.3 Å². The van der Waals surface area contributed by atoms with Gasteiger partial charge in [-0.25, -0.2) is 8.78 Å². The molecular weight excluding hydrogens is 418 g/mol. The first-order valence-electron chi connectivity index (χ1n) is 9.95. The summed E-state index contributed by atoms with van der Waals surface area (Å²) in [5.41, 5.74) is 0.954. The van der Waals surface area contributed by atoms with Crippen molar-refractivity contribution in [3.05, 3.63) is 77.5 Å². The number of nitrogens with one attached hydrogen (secondary N) is 2. The third-order valence-corrected chi connectivity index (χ3v) is 5.31. The highest BCUT2D eigenvalue weighted by Crippen LogP contribution is 2.31. The molecule has 0 bridgehead atoms. The summed E-state index contributed by atoms with van der Waals surface area (Å²) in [4.78, 5) is 25.9. The number of benzene rings is 2. The molecule has 0 aliphatic heterocycles. The number of aromatic nitrogens is 2. The Morgan fingerprint density at radius 1 is 1.16 bits per heavy atom. The number of hydrogen-bond acceptors (Lipinski definition) is 4. The number of hydrogen-bond donors (Lipinski definition) is 3. The van der Waals surface area contributed by atoms with E-state index in [0.29, 0.717) is 11.8 Å². The fourth-order valence-corrected chi connectivity index (χ4v) is 3.37. The number of nitrogens with zero attached hydrogens (tertiary/aromatic N) is 2. The maximum Gasteiger partial charge on any atom is 0.253 e. The molecule has 0 spiro atoms. The number of aliphatic hydroxyl groups excluding tert-OH is 1. The van der Waals surface area contributed by atoms with Crippen molar-refractivity contribution in [2.24, 2.45) is 0 Å². The molecule has 3 aromatic rings. The zero-order chi connectivity index (χ0) is 23.5. The largest absolute Gasteiger partial charge is 0.387 e. The number of carbonyl (C=O) groups excluding carboxylic acids is 2. The van der Waals surface area contributed by atoms with Crippen LogP contribution in [0.1, 0.15) is 32.0 Å². The first-order chi connectivity index (χ1) is 15.1. The van der Waals surface area contributed by atoms with E-state index in [9.17, 15) is 23.5 Å². The van der Waals surface area contributed by atoms with Crippen LogP contribution in [0.5, 0.6) is 0 Å². The number of H-pyrrole nitrogens is 1. The fraction of sp³-hybridized carbons (Fsp3) is 0.261. The number of halogens is 2. The predicted molar refractivity (Wildman–Crippen MR) is 116 cm³/mol. The monoisotopic (exact) mass is 442 g/mol. The van der Waals surface area contributed by atoms with Crippen LogP contribution in [0.4, 0.5) is 20.3 Å². The Balaban J connectivity index is 1.82. The molecule has 0 saturated heterocycles. The molecular formula is C23H24F2N4O3. The third kappa shape index (κ3) is 4.67. The lowest BCUT2D eigenvalue weighted by atomic mass is 9.82. The lowest BCUT2D eigenvalue weighted by Crippen LogP contribution is -2.47. The lowest BCUT2D eigenvalue weighted by molar-refractivity contribution is -0.125. The number of amides is 2. The highest BCUT2D eigenvalue weighted by atomic mass is 19.1. The van der Waals surface area contributed by atoms with Crippen molar-refractivity contribution in [2.75, 3.05) is 16.8 Å². The van der Waals surface area contributed by atoms with Gasteiger partial charge in [0.15, 0.2) is 0 Å². The normalized spacial score (nSPS) is 12.3. The van der Waals surface area contributed by atoms with Crippen molar-refractivity contribution in [1.29, 1.82) is 0 Å². The SMILES string of the molecule is C[C@H](C(=O)Nc1cc(C(C)(C)c2ccccc2)n[nH]1)N(C(=O)CO)c1ccc(F)cc1F. The van der Waals surface area contributed by atoms with Crippen molar-refractivity contribution in [1.82, 2.24) is 10.2 Å². The molecule has 1 atom stereocenters. The molecule has 32 heavy (non-hydrogen) atoms. The van der Waals surface area contributed by atoms with E-state index < -0.39 is 41.5 Å². The van der Waals surface area contributed by atoms with Gasteiger partial charge in [0.25, 0.3) is 5.91 Å². The Kier molecular flexibility index (Phi) is 6.69. The molecule has 9 heteroatoms. The smallest absolute Gasteiger partial charge is 0.253 e. The van der Waals surface area contributed by atoms with Crippen molar-refractivity contribution in [3.8, 4) is 0 Å². The summed E-state index contributed by atoms with van der Waals surface area (Å²) in [5.74, 6) is -3.13. The van der Waals surface area contributed by atoms with E-state index >= 15 is 0 Å². The first kappa shape index (κ1) is 23.1. The van der Waals surface area contributed by atoms with E-state index in [2.05, 4.69) is 15.5 Å². The van der Waals surface area contributed by atoms with Gasteiger partial charge in [-0.05, 0) is 24.6 Å². The minimum atomic E-state index is -1.21. The molecule has 1 heterocycles. The van der Waals surface area contributed by atoms with E-state index in [1.54, 1.807) is 6.07 Å². The molecule has 0 saturated carbocycles. The summed E-state index contributed by atoms with van der Waals surface area (Å²) in [7, 11) is 0. The number of carbonyl (C=O) groups is 2. The highest BCUT2D eigenvalue weighted by Gasteiger charge is 2.30. The second-order valence-corrected chi connectivity index (χ2v) is 7.84. The first-order valence-corrected chi connectivity index (χ1v) is 9.95. The van der Waals surface area contributed by atoms with Crippen LogP contribution < -0.4 is 10.2 Å². The number of aliphatic hydroxyl groups is 1. The fourth-order valence-electron chi connectivity index (χ4n) is 3.37. The van der Waals surface area contributed by atoms with Crippen LogP contribution in [0, 0.1) is 11.6 Å². The van der Waals surface area contributed by atoms with E-state index in [4.69, 9.17) is 0 Å². The standard InChI is InChI=1S/C23H24F2N4O3/c1-14(29(21(31)13-30)18-10-9-16(24)11-17(18)25)22(32)26-20-12-19(27-28-20)23(2,3)15-7-5-4-6-8-15/h4-12,14,30H,13H2,1-3H3,(H2,26,27,28,32)/t14-/m1/s1. The van der Waals surface area contributed by atoms with Crippen molar-refractivity contribution < 1.29 is 23.5 Å². The minimum Gasteiger partial charge on any atom is -0.387 e. The summed E-state index contributed by atoms with van der Waals surface area (Å²) in [6, 6.07) is 12.8. The highest BCUT2D eigenvalue weighted by molar-refractivity contribution is 6.04. The van der Waals surface area contributed by atoms with Gasteiger partial charge in [-0.15, -0.1) is 0 Å². The average molecular weight is 442 g/mol. The van der Waals surface area contributed by atoms with Gasteiger partial charge in [0, 0.05) is 17.5 Å². The van der Waals surface area contributed by atoms with Crippen LogP contribution in [0.15, 0.2) is 54.6 Å². The van der Waals surface area contributed by atoms with Gasteiger partial charge in [-0.3, -0.25) is 19.6 Å². The minimum absolute atomic E-state index is 0.289. The Morgan fingerprint density at radius 2 is 1.84 bits per heavy atom. The Bertz CT molecular complexity index is 1120. The van der Waals surface area contributed by atoms with Crippen LogP contribution in [-0.4, -0.2) is 39.8 Å². The number of rotatable bonds is 7. The van der Waals surface area contributed by atoms with E-state index in [1.807, 2.05) is 44.2 Å². The molecule has 0 unspecified atom stereocenters. The maximum atomic E-state index is 14.3. The Morgan fingerprint density at radius 3 is 2.47 bits per heavy atom. The molecule has 0 radical (unpaired) electrons. The van der Waals surface area contributed by atoms with Crippen molar-refractivity contribution in [3.63, 3.8) is 0 Å². The van der Waals surface area contributed by atoms with Crippen LogP contribution in [0.25, 0.3) is 0 Å². The lowest BCUT2D eigenvalue weighted by Gasteiger charge is -2.28. The molecule has 2 amide bonds. The second kappa shape index (κ2) is 9.27. The Hall–Kier alpha value is -3.59. The van der Waals surface area contributed by atoms with Gasteiger partial charge in [0.1, 0.15) is 30.1 Å². The maximum absolute atomic E-state index is 14.3. The second-order valence-electron chi connectivity index (χ2n) is 7.84. The molecule has 0 aliphatic rings. The number of aromatic amines is 1. The van der Waals surface area contributed by atoms with Crippen LogP contribution >= 0.6 is 0 Å². The van der Waals surface area contributed by atoms with Crippen LogP contribution in [0.3, 0.4) is 0 Å². The van der Waals surface area contributed by atoms with Crippen molar-refractivity contribution >= 4 is 23.3 Å². The quantitative estimate of drug-likeness (QED) is 0.523. The van der Waals surface area contributed by atoms with E-state index in [-0.39, 0.29) is 11.5 Å². The molecule has 2 aromatic carbocycles. The van der Waals surface area contributed by atoms with Gasteiger partial charge in [0.05, 0.1) is 11.4 Å². The summed E-state index contributed by atoms with van der Waals surface area (Å²) in [6.07, 6.45) is 0. The molecule has 0 aliphatic carbocycles. The zero-order valence-corrected chi connectivity index (χ0v) is 17.9. The molecule has 3 N–H and O–H groups in total. The van der Waals surface area contributed by atoms with E-state index in [0.717, 1.165) is 22.6 Å². The molecule has 168 valence electrons. The van der Waals surface area contributed by atoms with Crippen molar-refractivity contribution in [2.45, 2.75) is 32.2 Å². The van der Waals surface area contributed by atoms with Gasteiger partial charge >= 0.3 is 0 Å². The Labute approximate surface area is 184 Å². The van der Waals surface area contributed by atoms with Crippen LogP contribution in [0.2, 0.25) is 0 Å². The molecule has 0 fully saturated rings. The van der Waals surface area contributed by atoms with Gasteiger partial charge in [-0.1, -0.05) is 44.2 Å². The average Bonchev–Trinajstić information content (AvgIpc) is 3.25. The van der Waals surface area contributed by atoms with E-state index in [1.165, 1.54) is 6.92 Å².